The molecule has 0 radical (unpaired) electrons. The van der Waals surface area contributed by atoms with Gasteiger partial charge in [0.15, 0.2) is 0 Å². The van der Waals surface area contributed by atoms with E-state index < -0.39 is 0 Å². The van der Waals surface area contributed by atoms with Gasteiger partial charge in [-0.25, -0.2) is 4.98 Å². The van der Waals surface area contributed by atoms with Crippen molar-refractivity contribution in [2.75, 3.05) is 24.5 Å². The van der Waals surface area contributed by atoms with Crippen molar-refractivity contribution in [3.8, 4) is 0 Å². The van der Waals surface area contributed by atoms with Gasteiger partial charge in [-0.05, 0) is 25.3 Å². The van der Waals surface area contributed by atoms with Crippen LogP contribution in [0.5, 0.6) is 0 Å². The molecule has 1 saturated heterocycles. The Balaban J connectivity index is 2.01. The number of hydrogen-bond acceptors (Lipinski definition) is 5. The largest absolute Gasteiger partial charge is 0.356 e. The van der Waals surface area contributed by atoms with Crippen molar-refractivity contribution in [3.63, 3.8) is 0 Å². The highest BCUT2D eigenvalue weighted by molar-refractivity contribution is 5.46. The molecule has 1 unspecified atom stereocenters. The maximum atomic E-state index is 10.8. The average Bonchev–Trinajstić information content (AvgIpc) is 2.45. The summed E-state index contributed by atoms with van der Waals surface area (Å²) in [6.45, 7) is 7.11. The maximum absolute atomic E-state index is 10.8. The molecule has 1 aliphatic heterocycles. The number of nitrogens with one attached hydrogen (secondary N) is 1. The Bertz CT molecular complexity index is 464. The highest BCUT2D eigenvalue weighted by Gasteiger charge is 2.22. The summed E-state index contributed by atoms with van der Waals surface area (Å²) in [7, 11) is 0. The number of nitrogens with zero attached hydrogens (tertiary/aromatic N) is 3. The van der Waals surface area contributed by atoms with Crippen molar-refractivity contribution >= 4 is 11.5 Å². The molecule has 1 N–H and O–H groups in total. The summed E-state index contributed by atoms with van der Waals surface area (Å²) >= 11 is 0. The quantitative estimate of drug-likeness (QED) is 0.660. The van der Waals surface area contributed by atoms with Gasteiger partial charge in [0, 0.05) is 31.4 Å². The van der Waals surface area contributed by atoms with Crippen molar-refractivity contribution in [1.82, 2.24) is 10.3 Å². The highest BCUT2D eigenvalue weighted by atomic mass is 16.6. The Kier molecular flexibility index (Phi) is 4.89. The molecule has 110 valence electrons. The molecular formula is C14H22N4O2. The first-order valence-electron chi connectivity index (χ1n) is 7.15. The van der Waals surface area contributed by atoms with Crippen molar-refractivity contribution in [2.24, 2.45) is 5.92 Å². The third-order valence-corrected chi connectivity index (χ3v) is 3.60. The summed E-state index contributed by atoms with van der Waals surface area (Å²) < 4.78 is 0. The minimum Gasteiger partial charge on any atom is -0.356 e. The van der Waals surface area contributed by atoms with Gasteiger partial charge >= 0.3 is 0 Å². The summed E-state index contributed by atoms with van der Waals surface area (Å²) in [6.07, 6.45) is 3.82. The van der Waals surface area contributed by atoms with Crippen LogP contribution >= 0.6 is 0 Å². The summed E-state index contributed by atoms with van der Waals surface area (Å²) in [5, 5.41) is 14.3. The van der Waals surface area contributed by atoms with Crippen LogP contribution in [0.25, 0.3) is 0 Å². The highest BCUT2D eigenvalue weighted by Crippen LogP contribution is 2.24. The van der Waals surface area contributed by atoms with Gasteiger partial charge in [-0.15, -0.1) is 0 Å². The number of hydrogen-bond donors (Lipinski definition) is 1. The van der Waals surface area contributed by atoms with Crippen LogP contribution in [0.1, 0.15) is 26.7 Å². The van der Waals surface area contributed by atoms with E-state index in [0.29, 0.717) is 17.8 Å². The van der Waals surface area contributed by atoms with Crippen LogP contribution in [0.3, 0.4) is 0 Å². The molecular weight excluding hydrogens is 256 g/mol. The van der Waals surface area contributed by atoms with Gasteiger partial charge in [0.05, 0.1) is 11.0 Å². The lowest BCUT2D eigenvalue weighted by atomic mass is 9.97. The summed E-state index contributed by atoms with van der Waals surface area (Å²) in [5.74, 6) is 1.29. The Morgan fingerprint density at radius 1 is 1.60 bits per heavy atom. The van der Waals surface area contributed by atoms with Gasteiger partial charge in [0.1, 0.15) is 5.82 Å². The van der Waals surface area contributed by atoms with E-state index in [1.807, 2.05) is 0 Å². The van der Waals surface area contributed by atoms with E-state index in [-0.39, 0.29) is 10.6 Å². The predicted octanol–water partition coefficient (Wildman–Crippen LogP) is 2.20. The molecule has 1 aromatic rings. The number of rotatable bonds is 5. The first kappa shape index (κ1) is 14.7. The average molecular weight is 278 g/mol. The van der Waals surface area contributed by atoms with Gasteiger partial charge in [-0.3, -0.25) is 10.1 Å². The smallest absolute Gasteiger partial charge is 0.274 e. The molecule has 0 spiro atoms. The Hall–Kier alpha value is -1.69. The minimum atomic E-state index is -0.368. The fourth-order valence-electron chi connectivity index (χ4n) is 2.54. The standard InChI is InChI=1S/C14H22N4O2/c1-11(2)16-9-12-4-3-7-17(10-12)14-8-13(18(19)20)5-6-15-14/h5-6,8,11-12,16H,3-4,7,9-10H2,1-2H3. The van der Waals surface area contributed by atoms with E-state index in [1.165, 1.54) is 18.7 Å². The molecule has 6 nitrogen and oxygen atoms in total. The van der Waals surface area contributed by atoms with Crippen molar-refractivity contribution in [3.05, 3.63) is 28.4 Å². The second-order valence-corrected chi connectivity index (χ2v) is 5.65. The lowest BCUT2D eigenvalue weighted by Crippen LogP contribution is -2.41. The summed E-state index contributed by atoms with van der Waals surface area (Å²) in [6, 6.07) is 3.49. The minimum absolute atomic E-state index is 0.109. The fraction of sp³-hybridized carbons (Fsp3) is 0.643. The lowest BCUT2D eigenvalue weighted by Gasteiger charge is -2.34. The molecule has 2 heterocycles. The SMILES string of the molecule is CC(C)NCC1CCCN(c2cc([N+](=O)[O-])ccn2)C1. The molecule has 1 aromatic heterocycles. The lowest BCUT2D eigenvalue weighted by molar-refractivity contribution is -0.384. The van der Waals surface area contributed by atoms with Crippen LogP contribution in [0.4, 0.5) is 11.5 Å². The number of nitro groups is 1. The summed E-state index contributed by atoms with van der Waals surface area (Å²) in [4.78, 5) is 16.9. The molecule has 0 aliphatic carbocycles. The van der Waals surface area contributed by atoms with Gasteiger partial charge in [0.25, 0.3) is 5.69 Å². The van der Waals surface area contributed by atoms with E-state index >= 15 is 0 Å². The molecule has 20 heavy (non-hydrogen) atoms. The molecule has 0 bridgehead atoms. The van der Waals surface area contributed by atoms with E-state index in [1.54, 1.807) is 6.07 Å². The molecule has 1 atom stereocenters. The molecule has 0 amide bonds. The van der Waals surface area contributed by atoms with Crippen molar-refractivity contribution < 1.29 is 4.92 Å². The number of anilines is 1. The number of piperidine rings is 1. The van der Waals surface area contributed by atoms with E-state index in [0.717, 1.165) is 26.1 Å². The zero-order chi connectivity index (χ0) is 14.5. The van der Waals surface area contributed by atoms with E-state index in [2.05, 4.69) is 29.0 Å². The van der Waals surface area contributed by atoms with Crippen LogP contribution < -0.4 is 10.2 Å². The summed E-state index contributed by atoms with van der Waals surface area (Å²) in [5.41, 5.74) is 0.109. The fourth-order valence-corrected chi connectivity index (χ4v) is 2.54. The van der Waals surface area contributed by atoms with Crippen molar-refractivity contribution in [2.45, 2.75) is 32.7 Å². The Morgan fingerprint density at radius 2 is 2.40 bits per heavy atom. The third-order valence-electron chi connectivity index (χ3n) is 3.60. The van der Waals surface area contributed by atoms with Crippen LogP contribution in [-0.4, -0.2) is 35.6 Å². The zero-order valence-electron chi connectivity index (χ0n) is 12.1. The van der Waals surface area contributed by atoms with Gasteiger partial charge in [0.2, 0.25) is 0 Å². The number of pyridine rings is 1. The van der Waals surface area contributed by atoms with Crippen LogP contribution in [0.2, 0.25) is 0 Å². The molecule has 6 heteroatoms. The molecule has 1 fully saturated rings. The first-order chi connectivity index (χ1) is 9.56. The molecule has 0 aromatic carbocycles. The Labute approximate surface area is 119 Å². The van der Waals surface area contributed by atoms with Gasteiger partial charge in [-0.2, -0.15) is 0 Å². The van der Waals surface area contributed by atoms with Crippen molar-refractivity contribution in [1.29, 1.82) is 0 Å². The van der Waals surface area contributed by atoms with Crippen LogP contribution in [0.15, 0.2) is 18.3 Å². The van der Waals surface area contributed by atoms with Gasteiger partial charge in [-0.1, -0.05) is 13.8 Å². The van der Waals surface area contributed by atoms with Crippen LogP contribution in [-0.2, 0) is 0 Å². The van der Waals surface area contributed by atoms with E-state index in [4.69, 9.17) is 0 Å². The van der Waals surface area contributed by atoms with Gasteiger partial charge < -0.3 is 10.2 Å². The van der Waals surface area contributed by atoms with Crippen LogP contribution in [0, 0.1) is 16.0 Å². The third kappa shape index (κ3) is 3.90. The Morgan fingerprint density at radius 3 is 3.10 bits per heavy atom. The topological polar surface area (TPSA) is 71.3 Å². The first-order valence-corrected chi connectivity index (χ1v) is 7.15. The zero-order valence-corrected chi connectivity index (χ0v) is 12.1. The molecule has 1 aliphatic rings. The molecule has 0 saturated carbocycles. The molecule has 2 rings (SSSR count). The van der Waals surface area contributed by atoms with E-state index in [9.17, 15) is 10.1 Å². The monoisotopic (exact) mass is 278 g/mol. The number of aromatic nitrogens is 1. The normalized spacial score (nSPS) is 19.4. The predicted molar refractivity (Wildman–Crippen MR) is 79.0 cm³/mol. The maximum Gasteiger partial charge on any atom is 0.274 e. The second-order valence-electron chi connectivity index (χ2n) is 5.65. The second kappa shape index (κ2) is 6.65.